The molecular weight excluding hydrogens is 829 g/mol. The number of ether oxygens (including phenoxy) is 3. The first-order valence-electron chi connectivity index (χ1n) is 29.8. The van der Waals surface area contributed by atoms with Crippen molar-refractivity contribution in [3.05, 3.63) is 24.3 Å². The second-order valence-corrected chi connectivity index (χ2v) is 20.3. The lowest BCUT2D eigenvalue weighted by molar-refractivity contribution is -0.167. The maximum Gasteiger partial charge on any atom is 0.306 e. The van der Waals surface area contributed by atoms with E-state index in [-0.39, 0.29) is 31.1 Å². The molecule has 0 radical (unpaired) electrons. The van der Waals surface area contributed by atoms with E-state index in [1.165, 1.54) is 231 Å². The quantitative estimate of drug-likeness (QED) is 0.0262. The fourth-order valence-corrected chi connectivity index (χ4v) is 8.91. The molecule has 0 aliphatic rings. The van der Waals surface area contributed by atoms with E-state index < -0.39 is 6.10 Å². The van der Waals surface area contributed by atoms with Crippen LogP contribution in [0.15, 0.2) is 24.3 Å². The van der Waals surface area contributed by atoms with Crippen molar-refractivity contribution < 1.29 is 28.6 Å². The van der Waals surface area contributed by atoms with Gasteiger partial charge in [0.2, 0.25) is 0 Å². The van der Waals surface area contributed by atoms with Crippen LogP contribution in [0.1, 0.15) is 329 Å². The monoisotopic (exact) mass is 943 g/mol. The van der Waals surface area contributed by atoms with E-state index in [1.54, 1.807) is 0 Å². The van der Waals surface area contributed by atoms with Gasteiger partial charge in [0.1, 0.15) is 13.2 Å². The van der Waals surface area contributed by atoms with Crippen LogP contribution in [0.3, 0.4) is 0 Å². The molecule has 0 spiro atoms. The molecule has 6 heteroatoms. The third kappa shape index (κ3) is 54.7. The first-order valence-corrected chi connectivity index (χ1v) is 29.8. The maximum atomic E-state index is 12.8. The van der Waals surface area contributed by atoms with Gasteiger partial charge in [-0.2, -0.15) is 0 Å². The van der Waals surface area contributed by atoms with Gasteiger partial charge in [-0.1, -0.05) is 263 Å². The van der Waals surface area contributed by atoms with Gasteiger partial charge in [-0.15, -0.1) is 0 Å². The molecule has 0 saturated carbocycles. The molecule has 0 aliphatic carbocycles. The van der Waals surface area contributed by atoms with Crippen LogP contribution in [0.5, 0.6) is 0 Å². The van der Waals surface area contributed by atoms with Crippen LogP contribution in [-0.4, -0.2) is 37.2 Å². The smallest absolute Gasteiger partial charge is 0.306 e. The number of rotatable bonds is 55. The standard InChI is InChI=1S/C61H114O6/c1-4-7-10-13-16-19-22-25-27-29-30-32-34-37-39-42-45-48-51-54-60(63)66-57-58(67-61(64)55-52-49-46-43-40-35-24-21-18-15-12-9-6-3)56-65-59(62)53-50-47-44-41-38-36-33-31-28-26-23-20-17-14-11-8-5-2/h25-28,58H,4-24,29-57H2,1-3H3/b27-25-,28-26-/t58-/m0/s1. The molecule has 0 aromatic carbocycles. The third-order valence-corrected chi connectivity index (χ3v) is 13.4. The Kier molecular flexibility index (Phi) is 54.7. The zero-order chi connectivity index (χ0) is 48.6. The lowest BCUT2D eigenvalue weighted by atomic mass is 10.0. The number of hydrogen-bond donors (Lipinski definition) is 0. The topological polar surface area (TPSA) is 78.9 Å². The summed E-state index contributed by atoms with van der Waals surface area (Å²) in [5, 5.41) is 0. The zero-order valence-corrected chi connectivity index (χ0v) is 45.2. The second-order valence-electron chi connectivity index (χ2n) is 20.3. The minimum Gasteiger partial charge on any atom is -0.462 e. The van der Waals surface area contributed by atoms with Crippen LogP contribution in [0, 0.1) is 0 Å². The summed E-state index contributed by atoms with van der Waals surface area (Å²) in [5.41, 5.74) is 0. The van der Waals surface area contributed by atoms with Crippen LogP contribution in [0.4, 0.5) is 0 Å². The van der Waals surface area contributed by atoms with Gasteiger partial charge in [0.25, 0.3) is 0 Å². The summed E-state index contributed by atoms with van der Waals surface area (Å²) in [6, 6.07) is 0. The van der Waals surface area contributed by atoms with E-state index in [9.17, 15) is 14.4 Å². The highest BCUT2D eigenvalue weighted by Crippen LogP contribution is 2.17. The average Bonchev–Trinajstić information content (AvgIpc) is 3.33. The Labute approximate surface area is 417 Å². The number of esters is 3. The predicted molar refractivity (Wildman–Crippen MR) is 289 cm³/mol. The molecule has 0 rings (SSSR count). The SMILES string of the molecule is CCCCCCCC/C=C\CCCCCCCCCCCC(=O)OC[C@H](COC(=O)CCCCCCCCC/C=C\CCCCCCCC)OC(=O)CCCCCCCCCCCCCCC. The van der Waals surface area contributed by atoms with E-state index in [4.69, 9.17) is 14.2 Å². The Hall–Kier alpha value is -2.11. The molecule has 394 valence electrons. The molecule has 0 aromatic heterocycles. The van der Waals surface area contributed by atoms with Gasteiger partial charge in [0.05, 0.1) is 0 Å². The molecule has 67 heavy (non-hydrogen) atoms. The van der Waals surface area contributed by atoms with Crippen molar-refractivity contribution in [3.63, 3.8) is 0 Å². The number of unbranched alkanes of at least 4 members (excludes halogenated alkanes) is 40. The average molecular weight is 944 g/mol. The van der Waals surface area contributed by atoms with Crippen LogP contribution < -0.4 is 0 Å². The normalized spacial score (nSPS) is 12.1. The molecule has 0 heterocycles. The Morgan fingerprint density at radius 2 is 0.493 bits per heavy atom. The van der Waals surface area contributed by atoms with Crippen molar-refractivity contribution in [1.82, 2.24) is 0 Å². The third-order valence-electron chi connectivity index (χ3n) is 13.4. The highest BCUT2D eigenvalue weighted by atomic mass is 16.6. The number of carbonyl (C=O) groups is 3. The summed E-state index contributed by atoms with van der Waals surface area (Å²) < 4.78 is 16.9. The highest BCUT2D eigenvalue weighted by molar-refractivity contribution is 5.71. The van der Waals surface area contributed by atoms with Crippen LogP contribution in [0.25, 0.3) is 0 Å². The van der Waals surface area contributed by atoms with E-state index in [1.807, 2.05) is 0 Å². The minimum absolute atomic E-state index is 0.0692. The van der Waals surface area contributed by atoms with E-state index >= 15 is 0 Å². The Bertz CT molecular complexity index is 1080. The molecule has 0 amide bonds. The summed E-state index contributed by atoms with van der Waals surface area (Å²) in [7, 11) is 0. The maximum absolute atomic E-state index is 12.8. The van der Waals surface area contributed by atoms with Gasteiger partial charge >= 0.3 is 17.9 Å². The largest absolute Gasteiger partial charge is 0.462 e. The Balaban J connectivity index is 4.30. The number of hydrogen-bond acceptors (Lipinski definition) is 6. The molecule has 6 nitrogen and oxygen atoms in total. The highest BCUT2D eigenvalue weighted by Gasteiger charge is 2.19. The fraction of sp³-hybridized carbons (Fsp3) is 0.885. The van der Waals surface area contributed by atoms with Gasteiger partial charge < -0.3 is 14.2 Å². The Morgan fingerprint density at radius 3 is 0.746 bits per heavy atom. The van der Waals surface area contributed by atoms with Crippen molar-refractivity contribution in [1.29, 1.82) is 0 Å². The lowest BCUT2D eigenvalue weighted by Gasteiger charge is -2.18. The molecule has 0 saturated heterocycles. The molecule has 0 aliphatic heterocycles. The lowest BCUT2D eigenvalue weighted by Crippen LogP contribution is -2.30. The molecule has 0 fully saturated rings. The van der Waals surface area contributed by atoms with E-state index in [0.717, 1.165) is 57.8 Å². The van der Waals surface area contributed by atoms with E-state index in [2.05, 4.69) is 45.1 Å². The summed E-state index contributed by atoms with van der Waals surface area (Å²) in [6.07, 6.45) is 66.0. The van der Waals surface area contributed by atoms with Crippen molar-refractivity contribution in [3.8, 4) is 0 Å². The Morgan fingerprint density at radius 1 is 0.284 bits per heavy atom. The van der Waals surface area contributed by atoms with Crippen LogP contribution in [0.2, 0.25) is 0 Å². The number of allylic oxidation sites excluding steroid dienone is 4. The minimum atomic E-state index is -0.770. The molecule has 1 atom stereocenters. The summed E-state index contributed by atoms with van der Waals surface area (Å²) >= 11 is 0. The van der Waals surface area contributed by atoms with Gasteiger partial charge in [0, 0.05) is 19.3 Å². The molecule has 0 bridgehead atoms. The van der Waals surface area contributed by atoms with Crippen LogP contribution in [-0.2, 0) is 28.6 Å². The summed E-state index contributed by atoms with van der Waals surface area (Å²) in [5.74, 6) is -0.854. The van der Waals surface area contributed by atoms with Crippen molar-refractivity contribution in [2.75, 3.05) is 13.2 Å². The summed E-state index contributed by atoms with van der Waals surface area (Å²) in [6.45, 7) is 6.68. The first kappa shape index (κ1) is 64.9. The van der Waals surface area contributed by atoms with Gasteiger partial charge in [-0.25, -0.2) is 0 Å². The van der Waals surface area contributed by atoms with Crippen molar-refractivity contribution in [2.24, 2.45) is 0 Å². The predicted octanol–water partition coefficient (Wildman–Crippen LogP) is 19.9. The first-order chi connectivity index (χ1) is 33.0. The molecular formula is C61H114O6. The van der Waals surface area contributed by atoms with Crippen molar-refractivity contribution >= 4 is 17.9 Å². The molecule has 0 N–H and O–H groups in total. The van der Waals surface area contributed by atoms with Crippen molar-refractivity contribution in [2.45, 2.75) is 335 Å². The number of carbonyl (C=O) groups excluding carboxylic acids is 3. The molecule has 0 unspecified atom stereocenters. The van der Waals surface area contributed by atoms with Gasteiger partial charge in [-0.05, 0) is 70.6 Å². The summed E-state index contributed by atoms with van der Waals surface area (Å²) in [4.78, 5) is 38.2. The van der Waals surface area contributed by atoms with Gasteiger partial charge in [-0.3, -0.25) is 14.4 Å². The van der Waals surface area contributed by atoms with Gasteiger partial charge in [0.15, 0.2) is 6.10 Å². The second kappa shape index (κ2) is 56.5. The van der Waals surface area contributed by atoms with Crippen LogP contribution >= 0.6 is 0 Å². The fourth-order valence-electron chi connectivity index (χ4n) is 8.91. The van der Waals surface area contributed by atoms with E-state index in [0.29, 0.717) is 19.3 Å². The zero-order valence-electron chi connectivity index (χ0n) is 45.2. The molecule has 0 aromatic rings.